The molecule has 2 saturated heterocycles. The number of piperazine rings is 1. The number of amides is 1. The van der Waals surface area contributed by atoms with E-state index in [4.69, 9.17) is 0 Å². The van der Waals surface area contributed by atoms with Crippen molar-refractivity contribution in [3.63, 3.8) is 0 Å². The van der Waals surface area contributed by atoms with Crippen molar-refractivity contribution in [2.45, 2.75) is 45.6 Å². The Bertz CT molecular complexity index is 554. The van der Waals surface area contributed by atoms with Crippen molar-refractivity contribution in [3.8, 4) is 0 Å². The molecule has 0 radical (unpaired) electrons. The van der Waals surface area contributed by atoms with Crippen LogP contribution in [0, 0.1) is 6.92 Å². The highest BCUT2D eigenvalue weighted by atomic mass is 16.1. The fraction of sp³-hybridized carbons (Fsp3) is 0.706. The summed E-state index contributed by atoms with van der Waals surface area (Å²) in [4.78, 5) is 25.5. The van der Waals surface area contributed by atoms with Gasteiger partial charge < -0.3 is 10.2 Å². The number of hydrogen-bond donors (Lipinski definition) is 1. The van der Waals surface area contributed by atoms with E-state index in [0.717, 1.165) is 69.3 Å². The molecule has 0 aromatic carbocycles. The lowest BCUT2D eigenvalue weighted by atomic mass is 10.1. The topological polar surface area (TPSA) is 61.4 Å². The van der Waals surface area contributed by atoms with Gasteiger partial charge in [-0.1, -0.05) is 6.92 Å². The first kappa shape index (κ1) is 16.2. The number of hydrogen-bond acceptors (Lipinski definition) is 5. The predicted molar refractivity (Wildman–Crippen MR) is 90.6 cm³/mol. The highest BCUT2D eigenvalue weighted by Gasteiger charge is 2.26. The van der Waals surface area contributed by atoms with E-state index < -0.39 is 0 Å². The molecule has 3 rings (SSSR count). The zero-order valence-corrected chi connectivity index (χ0v) is 14.2. The average molecular weight is 317 g/mol. The molecule has 0 bridgehead atoms. The van der Waals surface area contributed by atoms with Gasteiger partial charge in [-0.05, 0) is 26.2 Å². The van der Waals surface area contributed by atoms with Gasteiger partial charge in [0.1, 0.15) is 11.6 Å². The number of carbonyl (C=O) groups is 1. The molecule has 1 aromatic rings. The molecule has 1 atom stereocenters. The lowest BCUT2D eigenvalue weighted by molar-refractivity contribution is -0.120. The molecule has 2 fully saturated rings. The van der Waals surface area contributed by atoms with E-state index in [9.17, 15) is 4.79 Å². The van der Waals surface area contributed by atoms with Gasteiger partial charge in [0.25, 0.3) is 0 Å². The molecular formula is C17H27N5O. The van der Waals surface area contributed by atoms with Crippen molar-refractivity contribution in [1.29, 1.82) is 0 Å². The third-order valence-electron chi connectivity index (χ3n) is 4.90. The summed E-state index contributed by atoms with van der Waals surface area (Å²) in [5.74, 6) is 2.12. The van der Waals surface area contributed by atoms with Gasteiger partial charge in [-0.3, -0.25) is 9.69 Å². The Morgan fingerprint density at radius 3 is 2.74 bits per heavy atom. The highest BCUT2D eigenvalue weighted by molar-refractivity contribution is 5.76. The molecule has 6 heteroatoms. The van der Waals surface area contributed by atoms with Gasteiger partial charge in [-0.15, -0.1) is 0 Å². The Morgan fingerprint density at radius 2 is 2.00 bits per heavy atom. The summed E-state index contributed by atoms with van der Waals surface area (Å²) in [7, 11) is 0. The molecule has 0 spiro atoms. The molecule has 0 aliphatic carbocycles. The molecule has 0 saturated carbocycles. The summed E-state index contributed by atoms with van der Waals surface area (Å²) in [6, 6.07) is 2.66. The van der Waals surface area contributed by atoms with Crippen LogP contribution >= 0.6 is 0 Å². The van der Waals surface area contributed by atoms with Crippen LogP contribution in [-0.4, -0.2) is 59.5 Å². The zero-order valence-electron chi connectivity index (χ0n) is 14.2. The van der Waals surface area contributed by atoms with Crippen molar-refractivity contribution in [3.05, 3.63) is 17.6 Å². The number of aromatic nitrogens is 2. The first-order valence-electron chi connectivity index (χ1n) is 8.76. The first-order valence-corrected chi connectivity index (χ1v) is 8.76. The van der Waals surface area contributed by atoms with Gasteiger partial charge >= 0.3 is 0 Å². The minimum absolute atomic E-state index is 0.203. The number of carbonyl (C=O) groups excluding carboxylic acids is 1. The molecule has 1 aromatic heterocycles. The molecule has 3 heterocycles. The minimum Gasteiger partial charge on any atom is -0.356 e. The van der Waals surface area contributed by atoms with E-state index in [2.05, 4.69) is 38.1 Å². The van der Waals surface area contributed by atoms with Crippen molar-refractivity contribution in [2.24, 2.45) is 0 Å². The Kier molecular flexibility index (Phi) is 5.10. The van der Waals surface area contributed by atoms with Crippen LogP contribution < -0.4 is 10.2 Å². The van der Waals surface area contributed by atoms with Gasteiger partial charge in [0.2, 0.25) is 5.91 Å². The second-order valence-electron chi connectivity index (χ2n) is 6.47. The molecule has 1 unspecified atom stereocenters. The maximum atomic E-state index is 11.5. The molecule has 1 N–H and O–H groups in total. The Hall–Kier alpha value is -1.69. The molecule has 6 nitrogen and oxygen atoms in total. The van der Waals surface area contributed by atoms with E-state index in [-0.39, 0.29) is 5.91 Å². The number of nitrogens with zero attached hydrogens (tertiary/aromatic N) is 4. The van der Waals surface area contributed by atoms with Gasteiger partial charge in [0, 0.05) is 56.9 Å². The first-order chi connectivity index (χ1) is 11.2. The SMILES string of the molecule is CCc1cc(N2CCN(C3CCNC(=O)CC3)CC2)nc(C)n1. The largest absolute Gasteiger partial charge is 0.356 e. The lowest BCUT2D eigenvalue weighted by Crippen LogP contribution is -2.50. The second-order valence-corrected chi connectivity index (χ2v) is 6.47. The van der Waals surface area contributed by atoms with Gasteiger partial charge in [0.05, 0.1) is 0 Å². The molecule has 2 aliphatic heterocycles. The van der Waals surface area contributed by atoms with Crippen LogP contribution in [0.15, 0.2) is 6.07 Å². The Balaban J connectivity index is 1.60. The average Bonchev–Trinajstić information content (AvgIpc) is 2.79. The summed E-state index contributed by atoms with van der Waals surface area (Å²) >= 11 is 0. The van der Waals surface area contributed by atoms with E-state index in [1.807, 2.05) is 6.92 Å². The molecule has 2 aliphatic rings. The number of rotatable bonds is 3. The van der Waals surface area contributed by atoms with Crippen LogP contribution in [0.25, 0.3) is 0 Å². The fourth-order valence-electron chi connectivity index (χ4n) is 3.55. The smallest absolute Gasteiger partial charge is 0.220 e. The summed E-state index contributed by atoms with van der Waals surface area (Å²) in [6.07, 6.45) is 3.66. The van der Waals surface area contributed by atoms with Gasteiger partial charge in [-0.2, -0.15) is 0 Å². The van der Waals surface area contributed by atoms with Crippen molar-refractivity contribution in [1.82, 2.24) is 20.2 Å². The standard InChI is InChI=1S/C17H27N5O/c1-3-14-12-16(20-13(2)19-14)22-10-8-21(9-11-22)15-4-5-17(23)18-7-6-15/h12,15H,3-11H2,1-2H3,(H,18,23). The summed E-state index contributed by atoms with van der Waals surface area (Å²) in [5.41, 5.74) is 1.11. The summed E-state index contributed by atoms with van der Waals surface area (Å²) < 4.78 is 0. The number of anilines is 1. The second kappa shape index (κ2) is 7.25. The van der Waals surface area contributed by atoms with Crippen LogP contribution in [0.4, 0.5) is 5.82 Å². The van der Waals surface area contributed by atoms with Crippen LogP contribution in [0.2, 0.25) is 0 Å². The third kappa shape index (κ3) is 3.99. The van der Waals surface area contributed by atoms with Crippen LogP contribution in [-0.2, 0) is 11.2 Å². The van der Waals surface area contributed by atoms with E-state index in [1.165, 1.54) is 0 Å². The van der Waals surface area contributed by atoms with E-state index in [0.29, 0.717) is 12.5 Å². The quantitative estimate of drug-likeness (QED) is 0.906. The third-order valence-corrected chi connectivity index (χ3v) is 4.90. The fourth-order valence-corrected chi connectivity index (χ4v) is 3.55. The maximum absolute atomic E-state index is 11.5. The van der Waals surface area contributed by atoms with Crippen molar-refractivity contribution in [2.75, 3.05) is 37.6 Å². The lowest BCUT2D eigenvalue weighted by Gasteiger charge is -2.39. The highest BCUT2D eigenvalue weighted by Crippen LogP contribution is 2.20. The van der Waals surface area contributed by atoms with Crippen molar-refractivity contribution >= 4 is 11.7 Å². The Morgan fingerprint density at radius 1 is 1.22 bits per heavy atom. The van der Waals surface area contributed by atoms with Crippen LogP contribution in [0.5, 0.6) is 0 Å². The molecule has 1 amide bonds. The number of aryl methyl sites for hydroxylation is 2. The van der Waals surface area contributed by atoms with Crippen LogP contribution in [0.1, 0.15) is 37.7 Å². The minimum atomic E-state index is 0.203. The van der Waals surface area contributed by atoms with Gasteiger partial charge in [-0.25, -0.2) is 9.97 Å². The predicted octanol–water partition coefficient (Wildman–Crippen LogP) is 1.14. The van der Waals surface area contributed by atoms with Gasteiger partial charge in [0.15, 0.2) is 0 Å². The van der Waals surface area contributed by atoms with Crippen LogP contribution in [0.3, 0.4) is 0 Å². The summed E-state index contributed by atoms with van der Waals surface area (Å²) in [5, 5.41) is 2.97. The van der Waals surface area contributed by atoms with Crippen molar-refractivity contribution < 1.29 is 4.79 Å². The molecular weight excluding hydrogens is 290 g/mol. The maximum Gasteiger partial charge on any atom is 0.220 e. The van der Waals surface area contributed by atoms with E-state index >= 15 is 0 Å². The normalized spacial score (nSPS) is 23.5. The molecule has 126 valence electrons. The monoisotopic (exact) mass is 317 g/mol. The van der Waals surface area contributed by atoms with E-state index in [1.54, 1.807) is 0 Å². The number of nitrogens with one attached hydrogen (secondary N) is 1. The molecule has 23 heavy (non-hydrogen) atoms. The zero-order chi connectivity index (χ0) is 16.2. The Labute approximate surface area is 138 Å². The summed E-state index contributed by atoms with van der Waals surface area (Å²) in [6.45, 7) is 9.00.